The average Bonchev–Trinajstić information content (AvgIpc) is 3.31. The van der Waals surface area contributed by atoms with Gasteiger partial charge in [0.1, 0.15) is 5.54 Å². The number of nitrogens with zero attached hydrogens (tertiary/aromatic N) is 3. The Bertz CT molecular complexity index is 1080. The standard InChI is InChI=1S/C21H22N4O3/c1-12(2)25-18-16(11-22-25)15(19(26)24-21(8-9-21)20(27)28)10-17(23-18)14-6-4-13(3)5-7-14/h4-7,10-12H,8-9H2,1-3H3,(H,24,26)(H,27,28). The quantitative estimate of drug-likeness (QED) is 0.710. The Morgan fingerprint density at radius 3 is 2.46 bits per heavy atom. The van der Waals surface area contributed by atoms with Crippen molar-refractivity contribution in [2.75, 3.05) is 0 Å². The van der Waals surface area contributed by atoms with Crippen LogP contribution in [0, 0.1) is 6.92 Å². The molecule has 3 aromatic rings. The fourth-order valence-electron chi connectivity index (χ4n) is 3.26. The van der Waals surface area contributed by atoms with Gasteiger partial charge in [-0.3, -0.25) is 4.79 Å². The Balaban J connectivity index is 1.85. The number of nitrogens with one attached hydrogen (secondary N) is 1. The molecule has 2 N–H and O–H groups in total. The van der Waals surface area contributed by atoms with Crippen molar-refractivity contribution in [1.82, 2.24) is 20.1 Å². The molecule has 0 bridgehead atoms. The first-order valence-electron chi connectivity index (χ1n) is 9.32. The van der Waals surface area contributed by atoms with Crippen molar-refractivity contribution in [3.8, 4) is 11.3 Å². The summed E-state index contributed by atoms with van der Waals surface area (Å²) in [7, 11) is 0. The third-order valence-corrected chi connectivity index (χ3v) is 5.16. The van der Waals surface area contributed by atoms with Gasteiger partial charge in [0, 0.05) is 11.6 Å². The minimum atomic E-state index is -1.15. The van der Waals surface area contributed by atoms with Crippen molar-refractivity contribution < 1.29 is 14.7 Å². The number of carbonyl (C=O) groups is 2. The molecule has 1 fully saturated rings. The second-order valence-electron chi connectivity index (χ2n) is 7.68. The largest absolute Gasteiger partial charge is 0.480 e. The van der Waals surface area contributed by atoms with Crippen LogP contribution in [0.2, 0.25) is 0 Å². The van der Waals surface area contributed by atoms with Gasteiger partial charge in [0.2, 0.25) is 0 Å². The highest BCUT2D eigenvalue weighted by atomic mass is 16.4. The molecule has 0 spiro atoms. The summed E-state index contributed by atoms with van der Waals surface area (Å²) in [6.45, 7) is 6.00. The third-order valence-electron chi connectivity index (χ3n) is 5.16. The zero-order valence-electron chi connectivity index (χ0n) is 16.1. The van der Waals surface area contributed by atoms with E-state index in [0.717, 1.165) is 11.1 Å². The molecular weight excluding hydrogens is 356 g/mol. The Kier molecular flexibility index (Phi) is 4.18. The fourth-order valence-corrected chi connectivity index (χ4v) is 3.26. The van der Waals surface area contributed by atoms with Gasteiger partial charge in [-0.05, 0) is 39.7 Å². The lowest BCUT2D eigenvalue weighted by Gasteiger charge is -2.14. The Morgan fingerprint density at radius 2 is 1.89 bits per heavy atom. The topological polar surface area (TPSA) is 97.1 Å². The fraction of sp³-hybridized carbons (Fsp3) is 0.333. The van der Waals surface area contributed by atoms with E-state index in [1.807, 2.05) is 45.0 Å². The van der Waals surface area contributed by atoms with Crippen LogP contribution in [0.4, 0.5) is 0 Å². The van der Waals surface area contributed by atoms with Crippen molar-refractivity contribution in [2.24, 2.45) is 0 Å². The second kappa shape index (κ2) is 6.44. The first-order chi connectivity index (χ1) is 13.3. The number of pyridine rings is 1. The third kappa shape index (κ3) is 3.02. The minimum Gasteiger partial charge on any atom is -0.480 e. The molecule has 1 saturated carbocycles. The Labute approximate surface area is 162 Å². The van der Waals surface area contributed by atoms with Gasteiger partial charge in [0.15, 0.2) is 5.65 Å². The van der Waals surface area contributed by atoms with E-state index in [2.05, 4.69) is 10.4 Å². The number of aryl methyl sites for hydroxylation is 1. The van der Waals surface area contributed by atoms with E-state index < -0.39 is 17.4 Å². The van der Waals surface area contributed by atoms with Crippen LogP contribution in [0.3, 0.4) is 0 Å². The number of aliphatic carboxylic acids is 1. The summed E-state index contributed by atoms with van der Waals surface area (Å²) in [4.78, 5) is 29.2. The van der Waals surface area contributed by atoms with E-state index in [9.17, 15) is 14.7 Å². The molecule has 2 aromatic heterocycles. The predicted octanol–water partition coefficient (Wildman–Crippen LogP) is 3.33. The molecule has 28 heavy (non-hydrogen) atoms. The highest BCUT2D eigenvalue weighted by molar-refractivity contribution is 6.08. The summed E-state index contributed by atoms with van der Waals surface area (Å²) >= 11 is 0. The van der Waals surface area contributed by atoms with Crippen LogP contribution >= 0.6 is 0 Å². The van der Waals surface area contributed by atoms with Gasteiger partial charge in [-0.25, -0.2) is 14.5 Å². The molecule has 0 unspecified atom stereocenters. The number of rotatable bonds is 5. The van der Waals surface area contributed by atoms with Gasteiger partial charge in [-0.15, -0.1) is 0 Å². The molecule has 0 aliphatic heterocycles. The van der Waals surface area contributed by atoms with E-state index in [4.69, 9.17) is 4.98 Å². The smallest absolute Gasteiger partial charge is 0.329 e. The van der Waals surface area contributed by atoms with Crippen LogP contribution < -0.4 is 5.32 Å². The first-order valence-corrected chi connectivity index (χ1v) is 9.32. The molecule has 7 nitrogen and oxygen atoms in total. The molecular formula is C21H22N4O3. The van der Waals surface area contributed by atoms with E-state index >= 15 is 0 Å². The van der Waals surface area contributed by atoms with Crippen molar-refractivity contribution in [2.45, 2.75) is 45.2 Å². The van der Waals surface area contributed by atoms with Gasteiger partial charge >= 0.3 is 5.97 Å². The summed E-state index contributed by atoms with van der Waals surface area (Å²) in [5.41, 5.74) is 2.52. The number of hydrogen-bond acceptors (Lipinski definition) is 4. The number of aromatic nitrogens is 3. The summed E-state index contributed by atoms with van der Waals surface area (Å²) in [6, 6.07) is 9.69. The average molecular weight is 378 g/mol. The molecule has 2 heterocycles. The summed E-state index contributed by atoms with van der Waals surface area (Å²) in [5.74, 6) is -1.41. The highest BCUT2D eigenvalue weighted by Gasteiger charge is 2.51. The van der Waals surface area contributed by atoms with Crippen LogP contribution in [-0.4, -0.2) is 37.3 Å². The normalized spacial score (nSPS) is 15.0. The lowest BCUT2D eigenvalue weighted by molar-refractivity contribution is -0.140. The molecule has 4 rings (SSSR count). The monoisotopic (exact) mass is 378 g/mol. The van der Waals surface area contributed by atoms with Gasteiger partial charge in [-0.1, -0.05) is 29.8 Å². The number of carbonyl (C=O) groups excluding carboxylic acids is 1. The molecule has 1 aromatic carbocycles. The van der Waals surface area contributed by atoms with Gasteiger partial charge in [-0.2, -0.15) is 5.10 Å². The van der Waals surface area contributed by atoms with Crippen LogP contribution in [0.15, 0.2) is 36.5 Å². The van der Waals surface area contributed by atoms with E-state index in [0.29, 0.717) is 35.1 Å². The first kappa shape index (κ1) is 18.2. The molecule has 1 aliphatic rings. The predicted molar refractivity (Wildman–Crippen MR) is 105 cm³/mol. The number of fused-ring (bicyclic) bond motifs is 1. The molecule has 144 valence electrons. The Hall–Kier alpha value is -3.22. The molecule has 0 saturated heterocycles. The second-order valence-corrected chi connectivity index (χ2v) is 7.68. The summed E-state index contributed by atoms with van der Waals surface area (Å²) in [6.07, 6.45) is 2.51. The molecule has 0 atom stereocenters. The highest BCUT2D eigenvalue weighted by Crippen LogP contribution is 2.36. The van der Waals surface area contributed by atoms with Gasteiger partial charge in [0.25, 0.3) is 5.91 Å². The summed E-state index contributed by atoms with van der Waals surface area (Å²) in [5, 5.41) is 17.1. The molecule has 1 aliphatic carbocycles. The van der Waals surface area contributed by atoms with Gasteiger partial charge in [0.05, 0.1) is 22.8 Å². The van der Waals surface area contributed by atoms with E-state index in [1.54, 1.807) is 16.9 Å². The van der Waals surface area contributed by atoms with Crippen molar-refractivity contribution in [1.29, 1.82) is 0 Å². The maximum Gasteiger partial charge on any atom is 0.329 e. The number of amides is 1. The van der Waals surface area contributed by atoms with E-state index in [1.165, 1.54) is 0 Å². The van der Waals surface area contributed by atoms with Crippen molar-refractivity contribution in [3.63, 3.8) is 0 Å². The van der Waals surface area contributed by atoms with Crippen LogP contribution in [0.5, 0.6) is 0 Å². The SMILES string of the molecule is Cc1ccc(-c2cc(C(=O)NC3(C(=O)O)CC3)c3cnn(C(C)C)c3n2)cc1. The zero-order chi connectivity index (χ0) is 20.1. The lowest BCUT2D eigenvalue weighted by atomic mass is 10.0. The van der Waals surface area contributed by atoms with Crippen LogP contribution in [0.25, 0.3) is 22.3 Å². The Morgan fingerprint density at radius 1 is 1.21 bits per heavy atom. The number of hydrogen-bond donors (Lipinski definition) is 2. The maximum absolute atomic E-state index is 13.0. The number of carboxylic acids is 1. The van der Waals surface area contributed by atoms with Crippen LogP contribution in [0.1, 0.15) is 48.7 Å². The number of carboxylic acid groups (broad SMARTS) is 1. The van der Waals surface area contributed by atoms with E-state index in [-0.39, 0.29) is 6.04 Å². The van der Waals surface area contributed by atoms with Crippen molar-refractivity contribution in [3.05, 3.63) is 47.7 Å². The molecule has 0 radical (unpaired) electrons. The number of benzene rings is 1. The maximum atomic E-state index is 13.0. The summed E-state index contributed by atoms with van der Waals surface area (Å²) < 4.78 is 1.77. The zero-order valence-corrected chi connectivity index (χ0v) is 16.1. The molecule has 1 amide bonds. The van der Waals surface area contributed by atoms with Gasteiger partial charge < -0.3 is 10.4 Å². The molecule has 7 heteroatoms. The van der Waals surface area contributed by atoms with Crippen molar-refractivity contribution >= 4 is 22.9 Å². The minimum absolute atomic E-state index is 0.0722. The lowest BCUT2D eigenvalue weighted by Crippen LogP contribution is -2.43. The van der Waals surface area contributed by atoms with Crippen LogP contribution in [-0.2, 0) is 4.79 Å².